The van der Waals surface area contributed by atoms with Crippen molar-refractivity contribution in [1.29, 1.82) is 0 Å². The molecule has 1 aromatic rings. The van der Waals surface area contributed by atoms with Gasteiger partial charge in [0.15, 0.2) is 0 Å². The summed E-state index contributed by atoms with van der Waals surface area (Å²) in [6.45, 7) is 0.539. The summed E-state index contributed by atoms with van der Waals surface area (Å²) in [6, 6.07) is 6.73. The lowest BCUT2D eigenvalue weighted by atomic mass is 9.94. The standard InChI is InChI=1S/C14H20ClNO3S/c1-16(12-4-2-5-12)20(17,18)14-8-6-13(7-9-14)19-11-3-10-15/h6-9,12H,2-5,10-11H2,1H3. The molecule has 1 aliphatic carbocycles. The summed E-state index contributed by atoms with van der Waals surface area (Å²) in [7, 11) is -1.73. The zero-order chi connectivity index (χ0) is 14.6. The maximum atomic E-state index is 12.4. The molecule has 112 valence electrons. The summed E-state index contributed by atoms with van der Waals surface area (Å²) < 4.78 is 31.8. The monoisotopic (exact) mass is 317 g/mol. The van der Waals surface area contributed by atoms with Crippen LogP contribution in [-0.4, -0.2) is 38.3 Å². The van der Waals surface area contributed by atoms with Crippen LogP contribution in [0.4, 0.5) is 0 Å². The van der Waals surface area contributed by atoms with Crippen LogP contribution in [0.3, 0.4) is 0 Å². The van der Waals surface area contributed by atoms with Gasteiger partial charge in [-0.15, -0.1) is 11.6 Å². The smallest absolute Gasteiger partial charge is 0.243 e. The van der Waals surface area contributed by atoms with Gasteiger partial charge in [0, 0.05) is 19.0 Å². The fourth-order valence-corrected chi connectivity index (χ4v) is 3.59. The van der Waals surface area contributed by atoms with E-state index in [1.54, 1.807) is 31.3 Å². The SMILES string of the molecule is CN(C1CCC1)S(=O)(=O)c1ccc(OCCCCl)cc1. The Morgan fingerprint density at radius 1 is 1.30 bits per heavy atom. The third kappa shape index (κ3) is 3.45. The van der Waals surface area contributed by atoms with Gasteiger partial charge in [0.2, 0.25) is 10.0 Å². The fourth-order valence-electron chi connectivity index (χ4n) is 2.07. The molecule has 0 heterocycles. The largest absolute Gasteiger partial charge is 0.494 e. The molecule has 1 aromatic carbocycles. The zero-order valence-electron chi connectivity index (χ0n) is 11.6. The molecule has 0 saturated heterocycles. The van der Waals surface area contributed by atoms with Crippen molar-refractivity contribution in [3.05, 3.63) is 24.3 Å². The first-order valence-corrected chi connectivity index (χ1v) is 8.80. The van der Waals surface area contributed by atoms with E-state index < -0.39 is 10.0 Å². The summed E-state index contributed by atoms with van der Waals surface area (Å²) in [4.78, 5) is 0.316. The molecule has 20 heavy (non-hydrogen) atoms. The lowest BCUT2D eigenvalue weighted by molar-refractivity contribution is 0.249. The van der Waals surface area contributed by atoms with Crippen molar-refractivity contribution in [1.82, 2.24) is 4.31 Å². The van der Waals surface area contributed by atoms with Crippen LogP contribution in [0.5, 0.6) is 5.75 Å². The molecule has 6 heteroatoms. The normalized spacial score (nSPS) is 16.1. The highest BCUT2D eigenvalue weighted by Crippen LogP contribution is 2.29. The lowest BCUT2D eigenvalue weighted by Gasteiger charge is -2.33. The van der Waals surface area contributed by atoms with E-state index in [9.17, 15) is 8.42 Å². The first-order chi connectivity index (χ1) is 9.55. The van der Waals surface area contributed by atoms with Gasteiger partial charge in [-0.3, -0.25) is 0 Å². The van der Waals surface area contributed by atoms with Crippen LogP contribution in [-0.2, 0) is 10.0 Å². The van der Waals surface area contributed by atoms with Crippen LogP contribution >= 0.6 is 11.6 Å². The molecule has 0 radical (unpaired) electrons. The first-order valence-electron chi connectivity index (χ1n) is 6.82. The van der Waals surface area contributed by atoms with Crippen molar-refractivity contribution in [2.75, 3.05) is 19.5 Å². The van der Waals surface area contributed by atoms with E-state index in [1.807, 2.05) is 0 Å². The Morgan fingerprint density at radius 3 is 2.45 bits per heavy atom. The number of hydrogen-bond acceptors (Lipinski definition) is 3. The minimum absolute atomic E-state index is 0.152. The van der Waals surface area contributed by atoms with E-state index in [0.717, 1.165) is 25.7 Å². The van der Waals surface area contributed by atoms with Crippen LogP contribution in [0.25, 0.3) is 0 Å². The van der Waals surface area contributed by atoms with Crippen molar-refractivity contribution in [2.45, 2.75) is 36.6 Å². The van der Waals surface area contributed by atoms with E-state index in [-0.39, 0.29) is 6.04 Å². The Labute approximate surface area is 125 Å². The van der Waals surface area contributed by atoms with Gasteiger partial charge in [-0.2, -0.15) is 4.31 Å². The third-order valence-electron chi connectivity index (χ3n) is 3.64. The Hall–Kier alpha value is -0.780. The average Bonchev–Trinajstić information content (AvgIpc) is 2.37. The van der Waals surface area contributed by atoms with Crippen molar-refractivity contribution in [3.63, 3.8) is 0 Å². The number of halogens is 1. The summed E-state index contributed by atoms with van der Waals surface area (Å²) in [5.41, 5.74) is 0. The van der Waals surface area contributed by atoms with Crippen molar-refractivity contribution in [2.24, 2.45) is 0 Å². The summed E-state index contributed by atoms with van der Waals surface area (Å²) in [6.07, 6.45) is 3.79. The van der Waals surface area contributed by atoms with Crippen molar-refractivity contribution in [3.8, 4) is 5.75 Å². The maximum Gasteiger partial charge on any atom is 0.243 e. The van der Waals surface area contributed by atoms with Crippen LogP contribution in [0.2, 0.25) is 0 Å². The molecular weight excluding hydrogens is 298 g/mol. The van der Waals surface area contributed by atoms with Gasteiger partial charge < -0.3 is 4.74 Å². The van der Waals surface area contributed by atoms with Gasteiger partial charge in [-0.1, -0.05) is 6.42 Å². The van der Waals surface area contributed by atoms with E-state index >= 15 is 0 Å². The Morgan fingerprint density at radius 2 is 1.95 bits per heavy atom. The van der Waals surface area contributed by atoms with Crippen molar-refractivity contribution < 1.29 is 13.2 Å². The van der Waals surface area contributed by atoms with E-state index in [4.69, 9.17) is 16.3 Å². The summed E-state index contributed by atoms with van der Waals surface area (Å²) in [5, 5.41) is 0. The molecule has 0 atom stereocenters. The Balaban J connectivity index is 2.04. The number of hydrogen-bond donors (Lipinski definition) is 0. The van der Waals surface area contributed by atoms with Gasteiger partial charge in [-0.25, -0.2) is 8.42 Å². The molecule has 0 amide bonds. The molecule has 1 fully saturated rings. The number of sulfonamides is 1. The number of benzene rings is 1. The molecular formula is C14H20ClNO3S. The predicted octanol–water partition coefficient (Wildman–Crippen LogP) is 2.87. The van der Waals surface area contributed by atoms with Gasteiger partial charge in [0.05, 0.1) is 11.5 Å². The molecule has 1 aliphatic rings. The highest BCUT2D eigenvalue weighted by Gasteiger charge is 2.31. The van der Waals surface area contributed by atoms with Crippen LogP contribution in [0, 0.1) is 0 Å². The topological polar surface area (TPSA) is 46.6 Å². The van der Waals surface area contributed by atoms with Crippen molar-refractivity contribution >= 4 is 21.6 Å². The van der Waals surface area contributed by atoms with Gasteiger partial charge in [0.1, 0.15) is 5.75 Å². The summed E-state index contributed by atoms with van der Waals surface area (Å²) in [5.74, 6) is 1.22. The Bertz CT molecular complexity index is 526. The third-order valence-corrected chi connectivity index (χ3v) is 5.83. The highest BCUT2D eigenvalue weighted by molar-refractivity contribution is 7.89. The maximum absolute atomic E-state index is 12.4. The van der Waals surface area contributed by atoms with Crippen LogP contribution < -0.4 is 4.74 Å². The highest BCUT2D eigenvalue weighted by atomic mass is 35.5. The first kappa shape index (κ1) is 15.6. The minimum atomic E-state index is -3.38. The predicted molar refractivity (Wildman–Crippen MR) is 79.9 cm³/mol. The molecule has 0 aromatic heterocycles. The minimum Gasteiger partial charge on any atom is -0.494 e. The zero-order valence-corrected chi connectivity index (χ0v) is 13.2. The molecule has 1 saturated carbocycles. The molecule has 0 bridgehead atoms. The number of ether oxygens (including phenoxy) is 1. The number of alkyl halides is 1. The van der Waals surface area contributed by atoms with Gasteiger partial charge in [-0.05, 0) is 43.5 Å². The lowest BCUT2D eigenvalue weighted by Crippen LogP contribution is -2.41. The molecule has 4 nitrogen and oxygen atoms in total. The number of rotatable bonds is 7. The molecule has 0 aliphatic heterocycles. The van der Waals surface area contributed by atoms with E-state index in [0.29, 0.717) is 23.1 Å². The molecule has 0 N–H and O–H groups in total. The Kier molecular flexibility index (Phi) is 5.29. The second-order valence-corrected chi connectivity index (χ2v) is 7.34. The fraction of sp³-hybridized carbons (Fsp3) is 0.571. The van der Waals surface area contributed by atoms with E-state index in [2.05, 4.69) is 0 Å². The second kappa shape index (κ2) is 6.78. The van der Waals surface area contributed by atoms with Crippen LogP contribution in [0.1, 0.15) is 25.7 Å². The summed E-state index contributed by atoms with van der Waals surface area (Å²) >= 11 is 5.57. The average molecular weight is 318 g/mol. The van der Waals surface area contributed by atoms with Gasteiger partial charge >= 0.3 is 0 Å². The quantitative estimate of drug-likeness (QED) is 0.574. The van der Waals surface area contributed by atoms with Gasteiger partial charge in [0.25, 0.3) is 0 Å². The number of nitrogens with zero attached hydrogens (tertiary/aromatic N) is 1. The second-order valence-electron chi connectivity index (χ2n) is 4.97. The van der Waals surface area contributed by atoms with Crippen LogP contribution in [0.15, 0.2) is 29.2 Å². The molecule has 0 unspecified atom stereocenters. The van der Waals surface area contributed by atoms with E-state index in [1.165, 1.54) is 4.31 Å². The molecule has 2 rings (SSSR count). The molecule has 0 spiro atoms.